The highest BCUT2D eigenvalue weighted by Crippen LogP contribution is 2.27. The number of hydrogen-bond donors (Lipinski definition) is 2. The Balaban J connectivity index is 2.17. The fourth-order valence-corrected chi connectivity index (χ4v) is 3.86. The number of nitrogens with two attached hydrogens (primary N) is 1. The average molecular weight is 305 g/mol. The second-order valence-electron chi connectivity index (χ2n) is 4.69. The van der Waals surface area contributed by atoms with Gasteiger partial charge in [0.25, 0.3) is 0 Å². The second-order valence-corrected chi connectivity index (χ2v) is 6.81. The molecule has 19 heavy (non-hydrogen) atoms. The number of benzene rings is 1. The molecular weight excluding hydrogens is 288 g/mol. The van der Waals surface area contributed by atoms with E-state index in [2.05, 4.69) is 4.72 Å². The number of hydrogen-bond acceptors (Lipinski definition) is 4. The number of methoxy groups -OCH3 is 1. The number of ether oxygens (including phenoxy) is 1. The molecule has 5 nitrogen and oxygen atoms in total. The molecule has 0 aromatic heterocycles. The second kappa shape index (κ2) is 5.66. The molecule has 0 spiro atoms. The summed E-state index contributed by atoms with van der Waals surface area (Å²) in [6, 6.07) is 4.38. The minimum Gasteiger partial charge on any atom is -0.495 e. The monoisotopic (exact) mass is 304 g/mol. The van der Waals surface area contributed by atoms with Gasteiger partial charge in [-0.05, 0) is 37.5 Å². The van der Waals surface area contributed by atoms with Gasteiger partial charge in [0.05, 0.1) is 17.0 Å². The molecule has 1 aromatic rings. The third-order valence-corrected chi connectivity index (χ3v) is 5.04. The average Bonchev–Trinajstić information content (AvgIpc) is 2.73. The highest BCUT2D eigenvalue weighted by molar-refractivity contribution is 7.89. The maximum absolute atomic E-state index is 12.2. The van der Waals surface area contributed by atoms with Crippen molar-refractivity contribution in [3.8, 4) is 5.75 Å². The van der Waals surface area contributed by atoms with E-state index in [1.165, 1.54) is 25.3 Å². The normalized spacial score (nSPS) is 23.5. The largest absolute Gasteiger partial charge is 0.495 e. The summed E-state index contributed by atoms with van der Waals surface area (Å²) in [4.78, 5) is 0.138. The van der Waals surface area contributed by atoms with Gasteiger partial charge in [-0.2, -0.15) is 0 Å². The standard InChI is InChI=1S/C12H17ClN2O3S/c1-18-12-5-4-10(7-11(12)13)19(16,17)15-9-3-2-8(14)6-9/h4-5,7-9,15H,2-3,6,14H2,1H3/t8-,9-/m1/s1. The van der Waals surface area contributed by atoms with Crippen molar-refractivity contribution in [3.63, 3.8) is 0 Å². The Morgan fingerprint density at radius 3 is 2.68 bits per heavy atom. The highest BCUT2D eigenvalue weighted by atomic mass is 35.5. The zero-order chi connectivity index (χ0) is 14.0. The van der Waals surface area contributed by atoms with Crippen LogP contribution in [0, 0.1) is 0 Å². The van der Waals surface area contributed by atoms with Crippen LogP contribution in [0.25, 0.3) is 0 Å². The van der Waals surface area contributed by atoms with Gasteiger partial charge in [-0.1, -0.05) is 11.6 Å². The molecule has 0 unspecified atom stereocenters. The Labute approximate surface area is 118 Å². The van der Waals surface area contributed by atoms with E-state index >= 15 is 0 Å². The van der Waals surface area contributed by atoms with Crippen molar-refractivity contribution in [3.05, 3.63) is 23.2 Å². The fourth-order valence-electron chi connectivity index (χ4n) is 2.23. The lowest BCUT2D eigenvalue weighted by molar-refractivity contribution is 0.414. The van der Waals surface area contributed by atoms with Crippen LogP contribution in [0.1, 0.15) is 19.3 Å². The molecule has 0 radical (unpaired) electrons. The van der Waals surface area contributed by atoms with Crippen molar-refractivity contribution in [2.45, 2.75) is 36.2 Å². The van der Waals surface area contributed by atoms with E-state index in [1.54, 1.807) is 0 Å². The molecule has 0 amide bonds. The zero-order valence-corrected chi connectivity index (χ0v) is 12.2. The van der Waals surface area contributed by atoms with Crippen molar-refractivity contribution in [2.75, 3.05) is 7.11 Å². The minimum atomic E-state index is -3.56. The Kier molecular flexibility index (Phi) is 4.35. The lowest BCUT2D eigenvalue weighted by atomic mass is 10.2. The van der Waals surface area contributed by atoms with Gasteiger partial charge in [0.1, 0.15) is 5.75 Å². The number of rotatable bonds is 4. The molecule has 0 heterocycles. The van der Waals surface area contributed by atoms with E-state index in [1.807, 2.05) is 0 Å². The van der Waals surface area contributed by atoms with Gasteiger partial charge >= 0.3 is 0 Å². The third-order valence-electron chi connectivity index (χ3n) is 3.23. The molecule has 1 fully saturated rings. The van der Waals surface area contributed by atoms with E-state index in [-0.39, 0.29) is 22.0 Å². The summed E-state index contributed by atoms with van der Waals surface area (Å²) in [5.41, 5.74) is 5.77. The zero-order valence-electron chi connectivity index (χ0n) is 10.6. The van der Waals surface area contributed by atoms with Gasteiger partial charge in [0.2, 0.25) is 10.0 Å². The molecule has 2 atom stereocenters. The topological polar surface area (TPSA) is 81.4 Å². The van der Waals surface area contributed by atoms with Gasteiger partial charge in [-0.3, -0.25) is 0 Å². The summed E-state index contributed by atoms with van der Waals surface area (Å²) in [5, 5.41) is 0.272. The molecule has 1 aliphatic rings. The smallest absolute Gasteiger partial charge is 0.240 e. The van der Waals surface area contributed by atoms with Crippen LogP contribution in [0.2, 0.25) is 5.02 Å². The summed E-state index contributed by atoms with van der Waals surface area (Å²) in [6.45, 7) is 0. The maximum atomic E-state index is 12.2. The lowest BCUT2D eigenvalue weighted by Crippen LogP contribution is -2.34. The minimum absolute atomic E-state index is 0.0761. The van der Waals surface area contributed by atoms with Gasteiger partial charge in [-0.25, -0.2) is 13.1 Å². The number of halogens is 1. The number of nitrogens with one attached hydrogen (secondary N) is 1. The van der Waals surface area contributed by atoms with Crippen LogP contribution in [-0.2, 0) is 10.0 Å². The summed E-state index contributed by atoms with van der Waals surface area (Å²) in [5.74, 6) is 0.448. The maximum Gasteiger partial charge on any atom is 0.240 e. The van der Waals surface area contributed by atoms with E-state index in [0.717, 1.165) is 12.8 Å². The Morgan fingerprint density at radius 2 is 2.16 bits per heavy atom. The summed E-state index contributed by atoms with van der Waals surface area (Å²) in [7, 11) is -2.08. The van der Waals surface area contributed by atoms with E-state index in [0.29, 0.717) is 12.2 Å². The first-order chi connectivity index (χ1) is 8.92. The molecule has 2 rings (SSSR count). The van der Waals surface area contributed by atoms with Crippen LogP contribution < -0.4 is 15.2 Å². The first-order valence-corrected chi connectivity index (χ1v) is 7.90. The summed E-state index contributed by atoms with van der Waals surface area (Å²) < 4.78 is 32.0. The van der Waals surface area contributed by atoms with Crippen LogP contribution in [0.3, 0.4) is 0 Å². The van der Waals surface area contributed by atoms with Crippen molar-refractivity contribution >= 4 is 21.6 Å². The molecule has 1 aliphatic carbocycles. The van der Waals surface area contributed by atoms with Gasteiger partial charge in [0, 0.05) is 12.1 Å². The Hall–Kier alpha value is -0.820. The SMILES string of the molecule is COc1ccc(S(=O)(=O)N[C@@H]2CC[C@@H](N)C2)cc1Cl. The van der Waals surface area contributed by atoms with E-state index < -0.39 is 10.0 Å². The van der Waals surface area contributed by atoms with Gasteiger partial charge < -0.3 is 10.5 Å². The fraction of sp³-hybridized carbons (Fsp3) is 0.500. The quantitative estimate of drug-likeness (QED) is 0.883. The van der Waals surface area contributed by atoms with Crippen molar-refractivity contribution in [1.29, 1.82) is 0 Å². The highest BCUT2D eigenvalue weighted by Gasteiger charge is 2.27. The predicted molar refractivity (Wildman–Crippen MR) is 73.9 cm³/mol. The van der Waals surface area contributed by atoms with Crippen LogP contribution >= 0.6 is 11.6 Å². The van der Waals surface area contributed by atoms with Crippen molar-refractivity contribution in [1.82, 2.24) is 4.72 Å². The van der Waals surface area contributed by atoms with E-state index in [9.17, 15) is 8.42 Å². The molecule has 1 aromatic carbocycles. The van der Waals surface area contributed by atoms with Gasteiger partial charge in [-0.15, -0.1) is 0 Å². The molecular formula is C12H17ClN2O3S. The summed E-state index contributed by atoms with van der Waals surface area (Å²) >= 11 is 5.94. The molecule has 1 saturated carbocycles. The molecule has 0 aliphatic heterocycles. The molecule has 106 valence electrons. The van der Waals surface area contributed by atoms with Crippen LogP contribution in [0.4, 0.5) is 0 Å². The first-order valence-electron chi connectivity index (χ1n) is 6.04. The predicted octanol–water partition coefficient (Wildman–Crippen LogP) is 1.51. The lowest BCUT2D eigenvalue weighted by Gasteiger charge is -2.13. The van der Waals surface area contributed by atoms with Gasteiger partial charge in [0.15, 0.2) is 0 Å². The molecule has 0 saturated heterocycles. The summed E-state index contributed by atoms with van der Waals surface area (Å²) in [6.07, 6.45) is 2.28. The van der Waals surface area contributed by atoms with E-state index in [4.69, 9.17) is 22.1 Å². The van der Waals surface area contributed by atoms with Crippen LogP contribution in [0.15, 0.2) is 23.1 Å². The Morgan fingerprint density at radius 1 is 1.42 bits per heavy atom. The molecule has 3 N–H and O–H groups in total. The van der Waals surface area contributed by atoms with Crippen LogP contribution in [-0.4, -0.2) is 27.6 Å². The van der Waals surface area contributed by atoms with Crippen molar-refractivity contribution < 1.29 is 13.2 Å². The number of sulfonamides is 1. The molecule has 0 bridgehead atoms. The van der Waals surface area contributed by atoms with Crippen molar-refractivity contribution in [2.24, 2.45) is 5.73 Å². The van der Waals surface area contributed by atoms with Crippen LogP contribution in [0.5, 0.6) is 5.75 Å². The Bertz CT molecular complexity index is 562. The first kappa shape index (κ1) is 14.6. The third kappa shape index (κ3) is 3.39. The molecule has 7 heteroatoms.